The lowest BCUT2D eigenvalue weighted by Gasteiger charge is -2.11. The summed E-state index contributed by atoms with van der Waals surface area (Å²) in [5, 5.41) is 2.73. The van der Waals surface area contributed by atoms with Gasteiger partial charge in [-0.15, -0.1) is 11.6 Å². The highest BCUT2D eigenvalue weighted by Crippen LogP contribution is 2.15. The Morgan fingerprint density at radius 1 is 1.53 bits per heavy atom. The molecule has 1 aromatic rings. The largest absolute Gasteiger partial charge is 0.352 e. The number of nitrogens with one attached hydrogen (secondary N) is 1. The average Bonchev–Trinajstić information content (AvgIpc) is 2.30. The number of rotatable bonds is 5. The minimum Gasteiger partial charge on any atom is -0.352 e. The third-order valence-corrected chi connectivity index (χ3v) is 2.92. The molecule has 0 aliphatic carbocycles. The van der Waals surface area contributed by atoms with Crippen LogP contribution in [0.5, 0.6) is 0 Å². The molecule has 2 nitrogen and oxygen atoms in total. The summed E-state index contributed by atoms with van der Waals surface area (Å²) in [5.41, 5.74) is 0.268. The summed E-state index contributed by atoms with van der Waals surface area (Å²) in [4.78, 5) is 11.7. The molecule has 0 fully saturated rings. The fraction of sp³-hybridized carbons (Fsp3) is 0.417. The highest BCUT2D eigenvalue weighted by molar-refractivity contribution is 6.30. The number of amides is 1. The topological polar surface area (TPSA) is 29.1 Å². The minimum absolute atomic E-state index is 0.0112. The van der Waals surface area contributed by atoms with Crippen molar-refractivity contribution in [2.45, 2.75) is 13.3 Å². The van der Waals surface area contributed by atoms with E-state index in [0.717, 1.165) is 12.5 Å². The summed E-state index contributed by atoms with van der Waals surface area (Å²) in [6, 6.07) is 3.99. The number of carbonyl (C=O) groups excluding carboxylic acids is 1. The van der Waals surface area contributed by atoms with Gasteiger partial charge in [0, 0.05) is 18.0 Å². The van der Waals surface area contributed by atoms with Gasteiger partial charge in [0.05, 0.1) is 5.02 Å². The molecule has 1 amide bonds. The van der Waals surface area contributed by atoms with Gasteiger partial charge in [-0.2, -0.15) is 0 Å². The van der Waals surface area contributed by atoms with Crippen LogP contribution in [-0.2, 0) is 0 Å². The smallest absolute Gasteiger partial charge is 0.251 e. The number of hydrogen-bond acceptors (Lipinski definition) is 1. The maximum absolute atomic E-state index is 13.1. The van der Waals surface area contributed by atoms with Gasteiger partial charge in [-0.25, -0.2) is 4.39 Å². The van der Waals surface area contributed by atoms with E-state index in [-0.39, 0.29) is 16.5 Å². The molecule has 1 unspecified atom stereocenters. The Hall–Kier alpha value is -0.800. The van der Waals surface area contributed by atoms with Gasteiger partial charge in [0.2, 0.25) is 0 Å². The van der Waals surface area contributed by atoms with Crippen LogP contribution in [0.2, 0.25) is 5.02 Å². The van der Waals surface area contributed by atoms with Crippen molar-refractivity contribution in [1.82, 2.24) is 5.32 Å². The van der Waals surface area contributed by atoms with Crippen molar-refractivity contribution in [2.24, 2.45) is 5.92 Å². The van der Waals surface area contributed by atoms with Crippen LogP contribution in [0.4, 0.5) is 4.39 Å². The molecule has 0 radical (unpaired) electrons. The quantitative estimate of drug-likeness (QED) is 0.821. The van der Waals surface area contributed by atoms with E-state index in [1.165, 1.54) is 12.1 Å². The molecule has 0 saturated heterocycles. The van der Waals surface area contributed by atoms with Gasteiger partial charge in [-0.05, 0) is 30.5 Å². The average molecular weight is 278 g/mol. The van der Waals surface area contributed by atoms with Gasteiger partial charge in [0.1, 0.15) is 5.82 Å². The minimum atomic E-state index is -0.590. The van der Waals surface area contributed by atoms with Crippen LogP contribution in [0.3, 0.4) is 0 Å². The number of benzene rings is 1. The van der Waals surface area contributed by atoms with Crippen LogP contribution in [0.25, 0.3) is 0 Å². The molecule has 0 aliphatic heterocycles. The molecule has 0 saturated carbocycles. The van der Waals surface area contributed by atoms with Gasteiger partial charge in [-0.1, -0.05) is 18.5 Å². The molecule has 1 aromatic carbocycles. The second-order valence-electron chi connectivity index (χ2n) is 3.92. The zero-order valence-corrected chi connectivity index (χ0v) is 11.0. The van der Waals surface area contributed by atoms with Crippen LogP contribution in [-0.4, -0.2) is 18.3 Å². The highest BCUT2D eigenvalue weighted by Gasteiger charge is 2.09. The fourth-order valence-corrected chi connectivity index (χ4v) is 1.78. The number of hydrogen-bond donors (Lipinski definition) is 1. The van der Waals surface area contributed by atoms with Crippen LogP contribution < -0.4 is 5.32 Å². The Morgan fingerprint density at radius 3 is 2.82 bits per heavy atom. The molecule has 1 atom stereocenters. The number of halogens is 3. The standard InChI is InChI=1S/C12H14Cl2FNO/c1-8(4-5-13)7-16-12(17)9-2-3-10(14)11(15)6-9/h2-3,6,8H,4-5,7H2,1H3,(H,16,17). The van der Waals surface area contributed by atoms with E-state index in [1.807, 2.05) is 6.92 Å². The molecule has 0 heterocycles. The van der Waals surface area contributed by atoms with Crippen LogP contribution in [0.15, 0.2) is 18.2 Å². The van der Waals surface area contributed by atoms with E-state index in [2.05, 4.69) is 5.32 Å². The van der Waals surface area contributed by atoms with E-state index in [0.29, 0.717) is 18.3 Å². The zero-order valence-electron chi connectivity index (χ0n) is 9.47. The van der Waals surface area contributed by atoms with E-state index in [9.17, 15) is 9.18 Å². The third-order valence-electron chi connectivity index (χ3n) is 2.39. The summed E-state index contributed by atoms with van der Waals surface area (Å²) in [6.07, 6.45) is 0.830. The van der Waals surface area contributed by atoms with E-state index < -0.39 is 5.82 Å². The summed E-state index contributed by atoms with van der Waals surface area (Å²) < 4.78 is 13.1. The predicted octanol–water partition coefficient (Wildman–Crippen LogP) is 3.47. The second kappa shape index (κ2) is 6.82. The summed E-state index contributed by atoms with van der Waals surface area (Å²) in [6.45, 7) is 2.51. The van der Waals surface area contributed by atoms with Gasteiger partial charge in [-0.3, -0.25) is 4.79 Å². The lowest BCUT2D eigenvalue weighted by Crippen LogP contribution is -2.28. The number of alkyl halides is 1. The molecular weight excluding hydrogens is 264 g/mol. The Morgan fingerprint density at radius 2 is 2.24 bits per heavy atom. The van der Waals surface area contributed by atoms with Gasteiger partial charge < -0.3 is 5.32 Å². The van der Waals surface area contributed by atoms with E-state index in [4.69, 9.17) is 23.2 Å². The third kappa shape index (κ3) is 4.52. The SMILES string of the molecule is CC(CCCl)CNC(=O)c1ccc(Cl)c(F)c1. The first kappa shape index (κ1) is 14.3. The Kier molecular flexibility index (Phi) is 5.72. The summed E-state index contributed by atoms with van der Waals surface area (Å²) in [5.74, 6) is -0.0317. The second-order valence-corrected chi connectivity index (χ2v) is 4.71. The molecule has 0 aliphatic rings. The van der Waals surface area contributed by atoms with Crippen molar-refractivity contribution >= 4 is 29.1 Å². The summed E-state index contributed by atoms with van der Waals surface area (Å²) in [7, 11) is 0. The molecule has 17 heavy (non-hydrogen) atoms. The molecule has 1 rings (SSSR count). The van der Waals surface area contributed by atoms with Gasteiger partial charge in [0.15, 0.2) is 0 Å². The van der Waals surface area contributed by atoms with Crippen molar-refractivity contribution in [1.29, 1.82) is 0 Å². The van der Waals surface area contributed by atoms with Gasteiger partial charge >= 0.3 is 0 Å². The van der Waals surface area contributed by atoms with E-state index in [1.54, 1.807) is 0 Å². The first-order chi connectivity index (χ1) is 8.04. The lowest BCUT2D eigenvalue weighted by molar-refractivity contribution is 0.0947. The normalized spacial score (nSPS) is 12.2. The van der Waals surface area contributed by atoms with Gasteiger partial charge in [0.25, 0.3) is 5.91 Å². The highest BCUT2D eigenvalue weighted by atomic mass is 35.5. The zero-order chi connectivity index (χ0) is 12.8. The van der Waals surface area contributed by atoms with E-state index >= 15 is 0 Å². The summed E-state index contributed by atoms with van der Waals surface area (Å²) >= 11 is 11.1. The molecule has 94 valence electrons. The van der Waals surface area contributed by atoms with Crippen LogP contribution >= 0.6 is 23.2 Å². The molecule has 0 spiro atoms. The maximum Gasteiger partial charge on any atom is 0.251 e. The molecule has 5 heteroatoms. The van der Waals surface area contributed by atoms with Crippen molar-refractivity contribution in [3.8, 4) is 0 Å². The molecule has 1 N–H and O–H groups in total. The monoisotopic (exact) mass is 277 g/mol. The van der Waals surface area contributed by atoms with Crippen LogP contribution in [0.1, 0.15) is 23.7 Å². The number of carbonyl (C=O) groups is 1. The molecule has 0 aromatic heterocycles. The molecular formula is C12H14Cl2FNO. The van der Waals surface area contributed by atoms with Crippen molar-refractivity contribution in [3.05, 3.63) is 34.6 Å². The first-order valence-electron chi connectivity index (χ1n) is 5.33. The lowest BCUT2D eigenvalue weighted by atomic mass is 10.1. The molecule has 0 bridgehead atoms. The Labute approximate surface area is 110 Å². The van der Waals surface area contributed by atoms with Crippen molar-refractivity contribution in [3.63, 3.8) is 0 Å². The van der Waals surface area contributed by atoms with Crippen molar-refractivity contribution < 1.29 is 9.18 Å². The van der Waals surface area contributed by atoms with Crippen LogP contribution in [0, 0.1) is 11.7 Å². The van der Waals surface area contributed by atoms with Crippen molar-refractivity contribution in [2.75, 3.05) is 12.4 Å². The first-order valence-corrected chi connectivity index (χ1v) is 6.25. The Bertz CT molecular complexity index is 398. The maximum atomic E-state index is 13.1. The predicted molar refractivity (Wildman–Crippen MR) is 68.2 cm³/mol. The fourth-order valence-electron chi connectivity index (χ4n) is 1.29. The Balaban J connectivity index is 2.55.